The van der Waals surface area contributed by atoms with Gasteiger partial charge in [-0.25, -0.2) is 0 Å². The molecule has 0 bridgehead atoms. The first-order chi connectivity index (χ1) is 7.21. The van der Waals surface area contributed by atoms with E-state index in [0.717, 1.165) is 12.1 Å². The van der Waals surface area contributed by atoms with Gasteiger partial charge in [0.15, 0.2) is 0 Å². The van der Waals surface area contributed by atoms with E-state index < -0.39 is 0 Å². The molecule has 0 aromatic heterocycles. The average Bonchev–Trinajstić information content (AvgIpc) is 2.99. The monoisotopic (exact) mass is 203 g/mol. The standard InChI is InChI=1S/C13H17NO/c1-9-2-3-11-10(6-9)12(15)7-14-8-13(11)4-5-13/h2-3,6,12,14-15H,4-5,7-8H2,1H3. The highest BCUT2D eigenvalue weighted by Gasteiger charge is 2.46. The molecule has 1 heterocycles. The number of hydrogen-bond acceptors (Lipinski definition) is 2. The number of benzene rings is 1. The Balaban J connectivity index is 2.15. The fraction of sp³-hybridized carbons (Fsp3) is 0.538. The van der Waals surface area contributed by atoms with E-state index in [4.69, 9.17) is 0 Å². The molecule has 15 heavy (non-hydrogen) atoms. The highest BCUT2D eigenvalue weighted by Crippen LogP contribution is 2.50. The van der Waals surface area contributed by atoms with Crippen LogP contribution in [0.15, 0.2) is 18.2 Å². The summed E-state index contributed by atoms with van der Waals surface area (Å²) in [4.78, 5) is 0. The molecule has 0 amide bonds. The molecule has 3 rings (SSSR count). The Morgan fingerprint density at radius 2 is 2.20 bits per heavy atom. The van der Waals surface area contributed by atoms with Gasteiger partial charge >= 0.3 is 0 Å². The van der Waals surface area contributed by atoms with Crippen LogP contribution in [-0.2, 0) is 5.41 Å². The van der Waals surface area contributed by atoms with Crippen molar-refractivity contribution in [2.75, 3.05) is 13.1 Å². The summed E-state index contributed by atoms with van der Waals surface area (Å²) >= 11 is 0. The summed E-state index contributed by atoms with van der Waals surface area (Å²) in [5.41, 5.74) is 4.12. The zero-order valence-electron chi connectivity index (χ0n) is 9.09. The van der Waals surface area contributed by atoms with E-state index in [1.807, 2.05) is 0 Å². The Morgan fingerprint density at radius 3 is 2.93 bits per heavy atom. The van der Waals surface area contributed by atoms with Crippen LogP contribution in [0.1, 0.15) is 35.6 Å². The van der Waals surface area contributed by atoms with Crippen LogP contribution in [0.2, 0.25) is 0 Å². The summed E-state index contributed by atoms with van der Waals surface area (Å²) < 4.78 is 0. The van der Waals surface area contributed by atoms with Gasteiger partial charge in [-0.1, -0.05) is 23.8 Å². The van der Waals surface area contributed by atoms with Crippen molar-refractivity contribution in [2.24, 2.45) is 0 Å². The molecule has 80 valence electrons. The predicted octanol–water partition coefficient (Wildman–Crippen LogP) is 1.66. The average molecular weight is 203 g/mol. The molecule has 2 nitrogen and oxygen atoms in total. The lowest BCUT2D eigenvalue weighted by Gasteiger charge is -2.17. The van der Waals surface area contributed by atoms with Crippen LogP contribution in [0.25, 0.3) is 0 Å². The smallest absolute Gasteiger partial charge is 0.0917 e. The lowest BCUT2D eigenvalue weighted by molar-refractivity contribution is 0.178. The lowest BCUT2D eigenvalue weighted by Crippen LogP contribution is -2.25. The summed E-state index contributed by atoms with van der Waals surface area (Å²) in [6.45, 7) is 3.81. The van der Waals surface area contributed by atoms with Gasteiger partial charge in [0.25, 0.3) is 0 Å². The van der Waals surface area contributed by atoms with Crippen LogP contribution in [0, 0.1) is 6.92 Å². The van der Waals surface area contributed by atoms with Crippen molar-refractivity contribution in [1.29, 1.82) is 0 Å². The minimum Gasteiger partial charge on any atom is -0.387 e. The lowest BCUT2D eigenvalue weighted by atomic mass is 9.89. The van der Waals surface area contributed by atoms with Crippen molar-refractivity contribution in [3.63, 3.8) is 0 Å². The molecule has 0 radical (unpaired) electrons. The number of rotatable bonds is 0. The molecule has 1 saturated carbocycles. The van der Waals surface area contributed by atoms with E-state index in [9.17, 15) is 5.11 Å². The van der Waals surface area contributed by atoms with E-state index >= 15 is 0 Å². The number of fused-ring (bicyclic) bond motifs is 2. The Bertz CT molecular complexity index is 396. The van der Waals surface area contributed by atoms with Gasteiger partial charge in [0, 0.05) is 18.5 Å². The van der Waals surface area contributed by atoms with Crippen molar-refractivity contribution in [3.8, 4) is 0 Å². The number of aliphatic hydroxyl groups excluding tert-OH is 1. The highest BCUT2D eigenvalue weighted by molar-refractivity contribution is 5.43. The molecule has 1 aliphatic heterocycles. The molecular weight excluding hydrogens is 186 g/mol. The minimum absolute atomic E-state index is 0.333. The van der Waals surface area contributed by atoms with Gasteiger partial charge in [-0.3, -0.25) is 0 Å². The topological polar surface area (TPSA) is 32.3 Å². The summed E-state index contributed by atoms with van der Waals surface area (Å²) in [7, 11) is 0. The maximum atomic E-state index is 10.1. The number of aryl methyl sites for hydroxylation is 1. The second-order valence-corrected chi connectivity index (χ2v) is 5.02. The molecule has 2 heteroatoms. The van der Waals surface area contributed by atoms with Crippen molar-refractivity contribution < 1.29 is 5.11 Å². The van der Waals surface area contributed by atoms with Crippen LogP contribution >= 0.6 is 0 Å². The first-order valence-corrected chi connectivity index (χ1v) is 5.71. The van der Waals surface area contributed by atoms with E-state index in [2.05, 4.69) is 30.4 Å². The van der Waals surface area contributed by atoms with E-state index in [0.29, 0.717) is 12.0 Å². The second-order valence-electron chi connectivity index (χ2n) is 5.02. The molecule has 0 saturated heterocycles. The fourth-order valence-electron chi connectivity index (χ4n) is 2.69. The SMILES string of the molecule is Cc1ccc2c(c1)C(O)CNCC21CC1. The van der Waals surface area contributed by atoms with Gasteiger partial charge in [-0.05, 0) is 30.9 Å². The molecule has 1 aliphatic carbocycles. The summed E-state index contributed by atoms with van der Waals surface area (Å²) in [5, 5.41) is 13.4. The predicted molar refractivity (Wildman–Crippen MR) is 59.9 cm³/mol. The van der Waals surface area contributed by atoms with Crippen LogP contribution in [0.5, 0.6) is 0 Å². The molecule has 1 aromatic carbocycles. The van der Waals surface area contributed by atoms with E-state index in [1.54, 1.807) is 0 Å². The third-order valence-corrected chi connectivity index (χ3v) is 3.79. The van der Waals surface area contributed by atoms with Gasteiger partial charge in [-0.2, -0.15) is 0 Å². The summed E-state index contributed by atoms with van der Waals surface area (Å²) in [5.74, 6) is 0. The summed E-state index contributed by atoms with van der Waals surface area (Å²) in [6, 6.07) is 6.53. The molecule has 1 atom stereocenters. The fourth-order valence-corrected chi connectivity index (χ4v) is 2.69. The zero-order chi connectivity index (χ0) is 10.5. The van der Waals surface area contributed by atoms with Crippen LogP contribution < -0.4 is 5.32 Å². The largest absolute Gasteiger partial charge is 0.387 e. The molecule has 1 fully saturated rings. The van der Waals surface area contributed by atoms with Crippen molar-refractivity contribution >= 4 is 0 Å². The number of nitrogens with one attached hydrogen (secondary N) is 1. The number of β-amino-alcohol motifs (C(OH)–C–C–N with tert-alkyl or cyclic N) is 1. The molecule has 1 spiro atoms. The second kappa shape index (κ2) is 3.06. The van der Waals surface area contributed by atoms with Crippen molar-refractivity contribution in [2.45, 2.75) is 31.3 Å². The number of hydrogen-bond donors (Lipinski definition) is 2. The first kappa shape index (κ1) is 9.37. The van der Waals surface area contributed by atoms with Gasteiger partial charge in [0.05, 0.1) is 6.10 Å². The Labute approximate surface area is 90.3 Å². The maximum absolute atomic E-state index is 10.1. The van der Waals surface area contributed by atoms with Gasteiger partial charge in [-0.15, -0.1) is 0 Å². The maximum Gasteiger partial charge on any atom is 0.0917 e. The third kappa shape index (κ3) is 1.40. The summed E-state index contributed by atoms with van der Waals surface area (Å²) in [6.07, 6.45) is 2.20. The minimum atomic E-state index is -0.333. The number of aliphatic hydroxyl groups is 1. The Morgan fingerprint density at radius 1 is 1.40 bits per heavy atom. The van der Waals surface area contributed by atoms with E-state index in [1.165, 1.54) is 24.0 Å². The Hall–Kier alpha value is -0.860. The molecule has 2 N–H and O–H groups in total. The first-order valence-electron chi connectivity index (χ1n) is 5.71. The third-order valence-electron chi connectivity index (χ3n) is 3.79. The van der Waals surface area contributed by atoms with Crippen LogP contribution in [0.4, 0.5) is 0 Å². The van der Waals surface area contributed by atoms with Crippen LogP contribution in [0.3, 0.4) is 0 Å². The highest BCUT2D eigenvalue weighted by atomic mass is 16.3. The molecular formula is C13H17NO. The van der Waals surface area contributed by atoms with E-state index in [-0.39, 0.29) is 6.10 Å². The van der Waals surface area contributed by atoms with Crippen molar-refractivity contribution in [3.05, 3.63) is 34.9 Å². The van der Waals surface area contributed by atoms with Gasteiger partial charge < -0.3 is 10.4 Å². The van der Waals surface area contributed by atoms with Gasteiger partial charge in [0.1, 0.15) is 0 Å². The molecule has 2 aliphatic rings. The Kier molecular flexibility index (Phi) is 1.91. The molecule has 1 unspecified atom stereocenters. The molecule has 1 aromatic rings. The quantitative estimate of drug-likeness (QED) is 0.672. The van der Waals surface area contributed by atoms with Crippen LogP contribution in [-0.4, -0.2) is 18.2 Å². The zero-order valence-corrected chi connectivity index (χ0v) is 9.09. The normalized spacial score (nSPS) is 27.2. The van der Waals surface area contributed by atoms with Crippen molar-refractivity contribution in [1.82, 2.24) is 5.32 Å². The van der Waals surface area contributed by atoms with Gasteiger partial charge in [0.2, 0.25) is 0 Å².